The van der Waals surface area contributed by atoms with E-state index in [-0.39, 0.29) is 17.1 Å². The molecule has 2 atom stereocenters. The first-order valence-electron chi connectivity index (χ1n) is 13.5. The van der Waals surface area contributed by atoms with Crippen molar-refractivity contribution in [3.05, 3.63) is 83.2 Å². The van der Waals surface area contributed by atoms with Gasteiger partial charge in [-0.25, -0.2) is 0 Å². The Morgan fingerprint density at radius 3 is 2.11 bits per heavy atom. The Bertz CT molecular complexity index is 1130. The highest BCUT2D eigenvalue weighted by Crippen LogP contribution is 2.46. The molecule has 0 fully saturated rings. The molecule has 1 radical (unpaired) electrons. The van der Waals surface area contributed by atoms with E-state index in [0.717, 1.165) is 48.4 Å². The SMILES string of the molecule is COc1cc([C@@H](O[Si](C)(C)C(C)(C)C)[C@@H](CC2Cc3ccccc3C2)Cn2c[c]cc2)cc(OC)c1C. The summed E-state index contributed by atoms with van der Waals surface area (Å²) in [6.07, 6.45) is 7.46. The van der Waals surface area contributed by atoms with Crippen molar-refractivity contribution < 1.29 is 13.9 Å². The van der Waals surface area contributed by atoms with Crippen LogP contribution in [0.25, 0.3) is 0 Å². The lowest BCUT2D eigenvalue weighted by molar-refractivity contribution is 0.0904. The maximum absolute atomic E-state index is 7.33. The van der Waals surface area contributed by atoms with Gasteiger partial charge in [-0.3, -0.25) is 0 Å². The molecule has 0 bridgehead atoms. The first-order chi connectivity index (χ1) is 17.5. The average molecular weight is 519 g/mol. The molecule has 1 aliphatic rings. The van der Waals surface area contributed by atoms with Crippen LogP contribution in [-0.2, 0) is 23.8 Å². The molecule has 5 heteroatoms. The molecule has 0 saturated heterocycles. The molecule has 0 unspecified atom stereocenters. The summed E-state index contributed by atoms with van der Waals surface area (Å²) >= 11 is 0. The summed E-state index contributed by atoms with van der Waals surface area (Å²) in [4.78, 5) is 0. The summed E-state index contributed by atoms with van der Waals surface area (Å²) in [5.74, 6) is 2.58. The van der Waals surface area contributed by atoms with Crippen molar-refractivity contribution in [1.82, 2.24) is 4.57 Å². The number of benzene rings is 2. The summed E-state index contributed by atoms with van der Waals surface area (Å²) in [7, 11) is 1.37. The molecule has 0 N–H and O–H groups in total. The minimum Gasteiger partial charge on any atom is -0.496 e. The number of hydrogen-bond acceptors (Lipinski definition) is 3. The van der Waals surface area contributed by atoms with E-state index < -0.39 is 8.32 Å². The van der Waals surface area contributed by atoms with Gasteiger partial charge < -0.3 is 18.5 Å². The van der Waals surface area contributed by atoms with E-state index in [9.17, 15) is 0 Å². The third-order valence-electron chi connectivity index (χ3n) is 8.58. The zero-order chi connectivity index (χ0) is 26.8. The Morgan fingerprint density at radius 1 is 1.03 bits per heavy atom. The van der Waals surface area contributed by atoms with E-state index >= 15 is 0 Å². The minimum absolute atomic E-state index is 0.0737. The van der Waals surface area contributed by atoms with Crippen molar-refractivity contribution in [3.63, 3.8) is 0 Å². The molecule has 0 saturated carbocycles. The first-order valence-corrected chi connectivity index (χ1v) is 16.4. The van der Waals surface area contributed by atoms with Crippen LogP contribution in [-0.4, -0.2) is 27.1 Å². The van der Waals surface area contributed by atoms with Gasteiger partial charge in [0.1, 0.15) is 11.5 Å². The highest BCUT2D eigenvalue weighted by Gasteiger charge is 2.42. The molecule has 0 amide bonds. The largest absolute Gasteiger partial charge is 0.496 e. The van der Waals surface area contributed by atoms with Gasteiger partial charge in [0.25, 0.3) is 0 Å². The maximum atomic E-state index is 7.33. The molecule has 4 rings (SSSR count). The zero-order valence-corrected chi connectivity index (χ0v) is 24.9. The predicted molar refractivity (Wildman–Crippen MR) is 154 cm³/mol. The van der Waals surface area contributed by atoms with E-state index in [1.165, 1.54) is 11.1 Å². The van der Waals surface area contributed by atoms with Gasteiger partial charge in [0.05, 0.1) is 20.3 Å². The Balaban J connectivity index is 1.76. The Kier molecular flexibility index (Phi) is 8.25. The lowest BCUT2D eigenvalue weighted by atomic mass is 9.85. The number of methoxy groups -OCH3 is 2. The molecule has 2 aromatic carbocycles. The van der Waals surface area contributed by atoms with Crippen LogP contribution in [0.3, 0.4) is 0 Å². The smallest absolute Gasteiger partial charge is 0.192 e. The van der Waals surface area contributed by atoms with E-state index in [2.05, 4.69) is 93.3 Å². The highest BCUT2D eigenvalue weighted by molar-refractivity contribution is 6.74. The molecular weight excluding hydrogens is 474 g/mol. The summed E-state index contributed by atoms with van der Waals surface area (Å²) in [5.41, 5.74) is 5.16. The first kappa shape index (κ1) is 27.5. The Hall–Kier alpha value is -2.50. The zero-order valence-electron chi connectivity index (χ0n) is 23.9. The van der Waals surface area contributed by atoms with Gasteiger partial charge in [-0.1, -0.05) is 45.0 Å². The van der Waals surface area contributed by atoms with Gasteiger partial charge in [-0.15, -0.1) is 0 Å². The summed E-state index contributed by atoms with van der Waals surface area (Å²) < 4.78 is 21.2. The van der Waals surface area contributed by atoms with Gasteiger partial charge >= 0.3 is 0 Å². The second kappa shape index (κ2) is 11.1. The molecule has 1 aromatic heterocycles. The fourth-order valence-corrected chi connectivity index (χ4v) is 6.76. The summed E-state index contributed by atoms with van der Waals surface area (Å²) in [6, 6.07) is 18.5. The third kappa shape index (κ3) is 6.15. The third-order valence-corrected chi connectivity index (χ3v) is 13.0. The van der Waals surface area contributed by atoms with Crippen LogP contribution >= 0.6 is 0 Å². The maximum Gasteiger partial charge on any atom is 0.192 e. The molecule has 4 nitrogen and oxygen atoms in total. The average Bonchev–Trinajstić information content (AvgIpc) is 3.51. The standard InChI is InChI=1S/C32H44NO3Si/c1-23-29(34-5)20-27(21-30(23)35-6)31(36-37(7,8)32(2,3)4)28(22-33-15-11-12-16-33)19-24-17-25-13-9-10-14-26(25)18-24/h9-11,13-16,20-21,24,28,31H,17-19,22H2,1-8H3/t28-,31+/m0/s1. The van der Waals surface area contributed by atoms with Gasteiger partial charge in [0, 0.05) is 36.5 Å². The number of fused-ring (bicyclic) bond motifs is 1. The number of nitrogens with zero attached hydrogens (tertiary/aromatic N) is 1. The molecular formula is C32H44NO3Si. The van der Waals surface area contributed by atoms with E-state index in [4.69, 9.17) is 13.9 Å². The Labute approximate surface area is 225 Å². The quantitative estimate of drug-likeness (QED) is 0.257. The van der Waals surface area contributed by atoms with Crippen molar-refractivity contribution in [3.8, 4) is 11.5 Å². The van der Waals surface area contributed by atoms with Crippen molar-refractivity contribution >= 4 is 8.32 Å². The van der Waals surface area contributed by atoms with Crippen LogP contribution in [0.2, 0.25) is 18.1 Å². The monoisotopic (exact) mass is 518 g/mol. The lowest BCUT2D eigenvalue weighted by Gasteiger charge is -2.42. The van der Waals surface area contributed by atoms with E-state index in [1.807, 2.05) is 13.0 Å². The minimum atomic E-state index is -2.10. The van der Waals surface area contributed by atoms with E-state index in [0.29, 0.717) is 5.92 Å². The molecule has 199 valence electrons. The fourth-order valence-electron chi connectivity index (χ4n) is 5.44. The van der Waals surface area contributed by atoms with Crippen molar-refractivity contribution in [2.45, 2.75) is 77.7 Å². The second-order valence-corrected chi connectivity index (χ2v) is 17.0. The van der Waals surface area contributed by atoms with Crippen molar-refractivity contribution in [1.29, 1.82) is 0 Å². The van der Waals surface area contributed by atoms with Crippen LogP contribution in [0, 0.1) is 24.8 Å². The fraction of sp³-hybridized carbons (Fsp3) is 0.500. The molecule has 0 aliphatic heterocycles. The molecule has 1 aliphatic carbocycles. The number of ether oxygens (including phenoxy) is 2. The van der Waals surface area contributed by atoms with Crippen LogP contribution in [0.1, 0.15) is 55.5 Å². The van der Waals surface area contributed by atoms with Gasteiger partial charge in [-0.05, 0) is 85.1 Å². The van der Waals surface area contributed by atoms with Crippen molar-refractivity contribution in [2.24, 2.45) is 11.8 Å². The van der Waals surface area contributed by atoms with Gasteiger partial charge in [-0.2, -0.15) is 0 Å². The normalized spacial score (nSPS) is 15.9. The highest BCUT2D eigenvalue weighted by atomic mass is 28.4. The topological polar surface area (TPSA) is 32.6 Å². The van der Waals surface area contributed by atoms with Crippen molar-refractivity contribution in [2.75, 3.05) is 14.2 Å². The van der Waals surface area contributed by atoms with Gasteiger partial charge in [0.2, 0.25) is 0 Å². The van der Waals surface area contributed by atoms with Gasteiger partial charge in [0.15, 0.2) is 8.32 Å². The summed E-state index contributed by atoms with van der Waals surface area (Å²) in [6.45, 7) is 14.6. The predicted octanol–water partition coefficient (Wildman–Crippen LogP) is 7.80. The number of aromatic nitrogens is 1. The van der Waals surface area contributed by atoms with Crippen LogP contribution in [0.15, 0.2) is 54.9 Å². The van der Waals surface area contributed by atoms with Crippen LogP contribution in [0.5, 0.6) is 11.5 Å². The molecule has 1 heterocycles. The number of rotatable bonds is 10. The molecule has 3 aromatic rings. The van der Waals surface area contributed by atoms with Crippen LogP contribution < -0.4 is 9.47 Å². The molecule has 0 spiro atoms. The summed E-state index contributed by atoms with van der Waals surface area (Å²) in [5, 5.41) is 0.0967. The lowest BCUT2D eigenvalue weighted by Crippen LogP contribution is -2.43. The number of hydrogen-bond donors (Lipinski definition) is 0. The van der Waals surface area contributed by atoms with Crippen LogP contribution in [0.4, 0.5) is 0 Å². The van der Waals surface area contributed by atoms with E-state index in [1.54, 1.807) is 14.2 Å². The molecule has 37 heavy (non-hydrogen) atoms. The Morgan fingerprint density at radius 2 is 1.62 bits per heavy atom. The second-order valence-electron chi connectivity index (χ2n) is 12.2.